The number of anilines is 1. The van der Waals surface area contributed by atoms with Gasteiger partial charge in [0, 0.05) is 5.56 Å². The smallest absolute Gasteiger partial charge is 0.189 e. The highest BCUT2D eigenvalue weighted by atomic mass is 16.5. The van der Waals surface area contributed by atoms with Gasteiger partial charge in [0.05, 0.1) is 6.20 Å². The highest BCUT2D eigenvalue weighted by Gasteiger charge is 2.15. The van der Waals surface area contributed by atoms with E-state index in [4.69, 9.17) is 10.3 Å². The van der Waals surface area contributed by atoms with Gasteiger partial charge in [-0.15, -0.1) is 0 Å². The van der Waals surface area contributed by atoms with Crippen molar-refractivity contribution in [3.05, 3.63) is 36.0 Å². The highest BCUT2D eigenvalue weighted by Crippen LogP contribution is 2.30. The number of nitrogen functional groups attached to an aromatic ring is 1. The second-order valence-electron chi connectivity index (χ2n) is 4.94. The van der Waals surface area contributed by atoms with Gasteiger partial charge in [-0.3, -0.25) is 0 Å². The zero-order valence-electron chi connectivity index (χ0n) is 9.82. The molecule has 3 nitrogen and oxygen atoms in total. The van der Waals surface area contributed by atoms with Crippen LogP contribution < -0.4 is 5.73 Å². The Morgan fingerprint density at radius 2 is 2.00 bits per heavy atom. The van der Waals surface area contributed by atoms with Gasteiger partial charge in [-0.05, 0) is 17.0 Å². The van der Waals surface area contributed by atoms with Gasteiger partial charge in [0.25, 0.3) is 0 Å². The Kier molecular flexibility index (Phi) is 2.46. The van der Waals surface area contributed by atoms with Crippen LogP contribution in [0.2, 0.25) is 0 Å². The number of benzene rings is 1. The quantitative estimate of drug-likeness (QED) is 0.796. The van der Waals surface area contributed by atoms with E-state index in [1.54, 1.807) is 0 Å². The minimum absolute atomic E-state index is 0.116. The lowest BCUT2D eigenvalue weighted by atomic mass is 9.86. The van der Waals surface area contributed by atoms with E-state index in [0.717, 1.165) is 5.56 Å². The molecular weight excluding hydrogens is 200 g/mol. The third-order valence-corrected chi connectivity index (χ3v) is 2.59. The summed E-state index contributed by atoms with van der Waals surface area (Å²) >= 11 is 0. The van der Waals surface area contributed by atoms with Gasteiger partial charge in [0.15, 0.2) is 5.76 Å². The second kappa shape index (κ2) is 3.67. The van der Waals surface area contributed by atoms with Crippen LogP contribution in [0.4, 0.5) is 5.69 Å². The van der Waals surface area contributed by atoms with Crippen LogP contribution in [0.5, 0.6) is 0 Å². The third-order valence-electron chi connectivity index (χ3n) is 2.59. The van der Waals surface area contributed by atoms with Crippen molar-refractivity contribution in [2.24, 2.45) is 0 Å². The highest BCUT2D eigenvalue weighted by molar-refractivity contribution is 5.70. The minimum atomic E-state index is 0.116. The lowest BCUT2D eigenvalue weighted by Crippen LogP contribution is -2.10. The van der Waals surface area contributed by atoms with E-state index < -0.39 is 0 Å². The predicted octanol–water partition coefficient (Wildman–Crippen LogP) is 3.22. The number of nitrogens with zero attached hydrogens (tertiary/aromatic N) is 1. The molecule has 0 saturated heterocycles. The zero-order chi connectivity index (χ0) is 11.8. The van der Waals surface area contributed by atoms with Gasteiger partial charge in [-0.25, -0.2) is 0 Å². The molecule has 2 N–H and O–H groups in total. The first kappa shape index (κ1) is 10.7. The van der Waals surface area contributed by atoms with Crippen molar-refractivity contribution in [3.8, 4) is 11.3 Å². The van der Waals surface area contributed by atoms with Crippen molar-refractivity contribution in [3.63, 3.8) is 0 Å². The Bertz CT molecular complexity index is 495. The third kappa shape index (κ3) is 1.94. The number of rotatable bonds is 1. The molecule has 0 bridgehead atoms. The fourth-order valence-corrected chi connectivity index (χ4v) is 1.59. The number of hydrogen-bond donors (Lipinski definition) is 1. The number of aromatic nitrogens is 1. The molecule has 0 radical (unpaired) electrons. The predicted molar refractivity (Wildman–Crippen MR) is 65.1 cm³/mol. The second-order valence-corrected chi connectivity index (χ2v) is 4.94. The van der Waals surface area contributed by atoms with Crippen molar-refractivity contribution in [1.29, 1.82) is 0 Å². The van der Waals surface area contributed by atoms with Gasteiger partial charge >= 0.3 is 0 Å². The van der Waals surface area contributed by atoms with Crippen LogP contribution in [-0.4, -0.2) is 5.16 Å². The Labute approximate surface area is 95.3 Å². The molecule has 0 aliphatic heterocycles. The molecular formula is C13H16N2O. The van der Waals surface area contributed by atoms with Crippen LogP contribution in [-0.2, 0) is 5.41 Å². The van der Waals surface area contributed by atoms with E-state index in [2.05, 4.69) is 38.1 Å². The lowest BCUT2D eigenvalue weighted by molar-refractivity contribution is 0.432. The molecule has 3 heteroatoms. The summed E-state index contributed by atoms with van der Waals surface area (Å²) in [6, 6.07) is 8.19. The molecule has 0 amide bonds. The van der Waals surface area contributed by atoms with Crippen LogP contribution in [0.15, 0.2) is 35.0 Å². The summed E-state index contributed by atoms with van der Waals surface area (Å²) in [7, 11) is 0. The lowest BCUT2D eigenvalue weighted by Gasteiger charge is -2.19. The summed E-state index contributed by atoms with van der Waals surface area (Å²) in [4.78, 5) is 0. The largest absolute Gasteiger partial charge is 0.394 e. The van der Waals surface area contributed by atoms with E-state index in [0.29, 0.717) is 11.4 Å². The summed E-state index contributed by atoms with van der Waals surface area (Å²) in [6.07, 6.45) is 1.53. The molecule has 0 fully saturated rings. The van der Waals surface area contributed by atoms with Gasteiger partial charge in [-0.1, -0.05) is 44.1 Å². The van der Waals surface area contributed by atoms with E-state index in [9.17, 15) is 0 Å². The SMILES string of the molecule is CC(C)(C)c1cccc(-c2oncc2N)c1. The van der Waals surface area contributed by atoms with Crippen molar-refractivity contribution in [2.45, 2.75) is 26.2 Å². The Hall–Kier alpha value is -1.77. The average molecular weight is 216 g/mol. The first-order chi connectivity index (χ1) is 7.48. The Morgan fingerprint density at radius 3 is 2.56 bits per heavy atom. The van der Waals surface area contributed by atoms with Crippen molar-refractivity contribution >= 4 is 5.69 Å². The maximum absolute atomic E-state index is 5.78. The molecule has 1 aromatic heterocycles. The van der Waals surface area contributed by atoms with Crippen LogP contribution in [0, 0.1) is 0 Å². The molecule has 0 spiro atoms. The topological polar surface area (TPSA) is 52.0 Å². The molecule has 1 aromatic carbocycles. The molecule has 2 rings (SSSR count). The molecule has 2 aromatic rings. The van der Waals surface area contributed by atoms with Crippen LogP contribution >= 0.6 is 0 Å². The van der Waals surface area contributed by atoms with E-state index in [-0.39, 0.29) is 5.41 Å². The molecule has 16 heavy (non-hydrogen) atoms. The van der Waals surface area contributed by atoms with Crippen LogP contribution in [0.3, 0.4) is 0 Å². The Balaban J connectivity index is 2.49. The normalized spacial score (nSPS) is 11.7. The summed E-state index contributed by atoms with van der Waals surface area (Å²) < 4.78 is 5.14. The first-order valence-corrected chi connectivity index (χ1v) is 5.29. The molecule has 0 aliphatic carbocycles. The summed E-state index contributed by atoms with van der Waals surface area (Å²) in [5.41, 5.74) is 8.69. The van der Waals surface area contributed by atoms with Gasteiger partial charge in [0.1, 0.15) is 5.69 Å². The molecule has 0 aliphatic rings. The van der Waals surface area contributed by atoms with Crippen molar-refractivity contribution < 1.29 is 4.52 Å². The fourth-order valence-electron chi connectivity index (χ4n) is 1.59. The molecule has 0 atom stereocenters. The average Bonchev–Trinajstić information content (AvgIpc) is 2.63. The van der Waals surface area contributed by atoms with Crippen LogP contribution in [0.25, 0.3) is 11.3 Å². The molecule has 0 unspecified atom stereocenters. The minimum Gasteiger partial charge on any atom is -0.394 e. The Morgan fingerprint density at radius 1 is 1.25 bits per heavy atom. The maximum atomic E-state index is 5.78. The monoisotopic (exact) mass is 216 g/mol. The van der Waals surface area contributed by atoms with Gasteiger partial charge in [0.2, 0.25) is 0 Å². The summed E-state index contributed by atoms with van der Waals surface area (Å²) in [6.45, 7) is 6.53. The van der Waals surface area contributed by atoms with Crippen LogP contribution in [0.1, 0.15) is 26.3 Å². The van der Waals surface area contributed by atoms with Crippen molar-refractivity contribution in [2.75, 3.05) is 5.73 Å². The maximum Gasteiger partial charge on any atom is 0.189 e. The zero-order valence-corrected chi connectivity index (χ0v) is 9.82. The summed E-state index contributed by atoms with van der Waals surface area (Å²) in [5.74, 6) is 0.645. The number of hydrogen-bond acceptors (Lipinski definition) is 3. The van der Waals surface area contributed by atoms with Gasteiger partial charge in [-0.2, -0.15) is 0 Å². The molecule has 0 saturated carbocycles. The summed E-state index contributed by atoms with van der Waals surface area (Å²) in [5, 5.41) is 3.69. The van der Waals surface area contributed by atoms with E-state index in [1.165, 1.54) is 11.8 Å². The first-order valence-electron chi connectivity index (χ1n) is 5.29. The number of nitrogens with two attached hydrogens (primary N) is 1. The van der Waals surface area contributed by atoms with E-state index in [1.807, 2.05) is 12.1 Å². The molecule has 1 heterocycles. The molecule has 84 valence electrons. The fraction of sp³-hybridized carbons (Fsp3) is 0.308. The standard InChI is InChI=1S/C13H16N2O/c1-13(2,3)10-6-4-5-9(7-10)12-11(14)8-15-16-12/h4-8H,14H2,1-3H3. The van der Waals surface area contributed by atoms with Crippen molar-refractivity contribution in [1.82, 2.24) is 5.16 Å². The van der Waals surface area contributed by atoms with E-state index >= 15 is 0 Å². The van der Waals surface area contributed by atoms with Gasteiger partial charge < -0.3 is 10.3 Å².